The van der Waals surface area contributed by atoms with Gasteiger partial charge in [0.25, 0.3) is 5.69 Å². The molecule has 0 aliphatic rings. The minimum absolute atomic E-state index is 0.271. The molecule has 0 unspecified atom stereocenters. The van der Waals surface area contributed by atoms with E-state index in [1.807, 2.05) is 0 Å². The Morgan fingerprint density at radius 2 is 1.90 bits per heavy atom. The number of benzene rings is 1. The number of anilines is 2. The third-order valence-corrected chi connectivity index (χ3v) is 2.45. The molecule has 0 saturated heterocycles. The quantitative estimate of drug-likeness (QED) is 0.477. The van der Waals surface area contributed by atoms with Crippen LogP contribution in [0.2, 0.25) is 0 Å². The van der Waals surface area contributed by atoms with Crippen molar-refractivity contribution < 1.29 is 9.31 Å². The smallest absolute Gasteiger partial charge is 0.295 e. The van der Waals surface area contributed by atoms with Gasteiger partial charge in [-0.25, -0.2) is 14.4 Å². The molecular formula is C12H12FN5O2. The van der Waals surface area contributed by atoms with Crippen molar-refractivity contribution in [2.75, 3.05) is 23.7 Å². The van der Waals surface area contributed by atoms with E-state index in [0.717, 1.165) is 6.07 Å². The van der Waals surface area contributed by atoms with Crippen molar-refractivity contribution in [2.45, 2.75) is 0 Å². The van der Waals surface area contributed by atoms with Gasteiger partial charge in [-0.3, -0.25) is 10.1 Å². The highest BCUT2D eigenvalue weighted by Gasteiger charge is 2.14. The molecule has 2 aromatic rings. The number of rotatable bonds is 6. The largest absolute Gasteiger partial charge is 0.378 e. The molecule has 0 atom stereocenters. The number of nitro groups is 1. The molecule has 1 heterocycles. The fourth-order valence-corrected chi connectivity index (χ4v) is 1.57. The number of halogens is 1. The summed E-state index contributed by atoms with van der Waals surface area (Å²) in [5.74, 6) is -0.166. The topological polar surface area (TPSA) is 93.0 Å². The van der Waals surface area contributed by atoms with Crippen LogP contribution in [0, 0.1) is 15.9 Å². The van der Waals surface area contributed by atoms with E-state index in [4.69, 9.17) is 0 Å². The molecule has 104 valence electrons. The van der Waals surface area contributed by atoms with Crippen molar-refractivity contribution >= 4 is 17.3 Å². The third-order valence-electron chi connectivity index (χ3n) is 2.45. The van der Waals surface area contributed by atoms with Crippen LogP contribution in [0.1, 0.15) is 0 Å². The number of hydrogen-bond acceptors (Lipinski definition) is 6. The number of hydrogen-bond donors (Lipinski definition) is 2. The Hall–Kier alpha value is -2.77. The molecule has 0 aliphatic heterocycles. The summed E-state index contributed by atoms with van der Waals surface area (Å²) in [6.07, 6.45) is 3.21. The maximum absolute atomic E-state index is 13.0. The molecule has 0 aliphatic carbocycles. The van der Waals surface area contributed by atoms with E-state index in [0.29, 0.717) is 19.0 Å². The number of aromatic nitrogens is 2. The average Bonchev–Trinajstić information content (AvgIpc) is 2.45. The van der Waals surface area contributed by atoms with Gasteiger partial charge < -0.3 is 10.6 Å². The number of nitrogens with one attached hydrogen (secondary N) is 2. The Bertz CT molecular complexity index is 594. The van der Waals surface area contributed by atoms with Crippen LogP contribution < -0.4 is 10.6 Å². The van der Waals surface area contributed by atoms with Crippen LogP contribution in [0.5, 0.6) is 0 Å². The van der Waals surface area contributed by atoms with Crippen molar-refractivity contribution in [3.05, 3.63) is 52.6 Å². The van der Waals surface area contributed by atoms with Crippen LogP contribution in [0.15, 0.2) is 36.7 Å². The second-order valence-corrected chi connectivity index (χ2v) is 3.84. The molecule has 20 heavy (non-hydrogen) atoms. The fraction of sp³-hybridized carbons (Fsp3) is 0.167. The summed E-state index contributed by atoms with van der Waals surface area (Å²) in [5.41, 5.74) is -0.0202. The first-order valence-corrected chi connectivity index (χ1v) is 5.85. The van der Waals surface area contributed by atoms with Gasteiger partial charge in [-0.2, -0.15) is 0 Å². The van der Waals surface area contributed by atoms with Crippen LogP contribution in [-0.4, -0.2) is 28.0 Å². The summed E-state index contributed by atoms with van der Waals surface area (Å²) in [4.78, 5) is 18.1. The Morgan fingerprint density at radius 3 is 2.60 bits per heavy atom. The molecule has 7 nitrogen and oxygen atoms in total. The van der Waals surface area contributed by atoms with Gasteiger partial charge in [-0.1, -0.05) is 0 Å². The van der Waals surface area contributed by atoms with Crippen LogP contribution in [0.4, 0.5) is 21.7 Å². The predicted molar refractivity (Wildman–Crippen MR) is 72.1 cm³/mol. The van der Waals surface area contributed by atoms with Gasteiger partial charge in [-0.05, 0) is 18.2 Å². The van der Waals surface area contributed by atoms with Crippen LogP contribution in [0.3, 0.4) is 0 Å². The second-order valence-electron chi connectivity index (χ2n) is 3.84. The average molecular weight is 277 g/mol. The van der Waals surface area contributed by atoms with Crippen molar-refractivity contribution in [2.24, 2.45) is 0 Å². The molecule has 1 aromatic heterocycles. The van der Waals surface area contributed by atoms with E-state index in [1.54, 1.807) is 18.5 Å². The molecule has 8 heteroatoms. The first kappa shape index (κ1) is 13.7. The van der Waals surface area contributed by atoms with Gasteiger partial charge in [-0.15, -0.1) is 0 Å². The van der Waals surface area contributed by atoms with Crippen molar-refractivity contribution in [3.8, 4) is 0 Å². The molecule has 1 aromatic carbocycles. The zero-order valence-electron chi connectivity index (χ0n) is 10.4. The van der Waals surface area contributed by atoms with E-state index in [9.17, 15) is 14.5 Å². The lowest BCUT2D eigenvalue weighted by molar-refractivity contribution is -0.384. The zero-order valence-corrected chi connectivity index (χ0v) is 10.4. The van der Waals surface area contributed by atoms with Gasteiger partial charge in [0.2, 0.25) is 5.95 Å². The zero-order chi connectivity index (χ0) is 14.4. The monoisotopic (exact) mass is 277 g/mol. The van der Waals surface area contributed by atoms with Gasteiger partial charge in [0.05, 0.1) is 11.0 Å². The fourth-order valence-electron chi connectivity index (χ4n) is 1.57. The molecule has 0 saturated carbocycles. The SMILES string of the molecule is O=[N+]([O-])c1cc(F)ccc1NCCNc1ncccn1. The predicted octanol–water partition coefficient (Wildman–Crippen LogP) is 2.05. The molecule has 0 bridgehead atoms. The standard InChI is InChI=1S/C12H12FN5O2/c13-9-2-3-10(11(8-9)18(19)20)14-6-7-17-12-15-4-1-5-16-12/h1-5,8,14H,6-7H2,(H,15,16,17). The lowest BCUT2D eigenvalue weighted by Gasteiger charge is -2.08. The van der Waals surface area contributed by atoms with Crippen molar-refractivity contribution in [3.63, 3.8) is 0 Å². The van der Waals surface area contributed by atoms with E-state index in [-0.39, 0.29) is 11.4 Å². The van der Waals surface area contributed by atoms with Gasteiger partial charge in [0, 0.05) is 25.5 Å². The summed E-state index contributed by atoms with van der Waals surface area (Å²) in [7, 11) is 0. The van der Waals surface area contributed by atoms with Crippen LogP contribution in [0.25, 0.3) is 0 Å². The van der Waals surface area contributed by atoms with E-state index in [1.165, 1.54) is 12.1 Å². The Labute approximate surface area is 114 Å². The Kier molecular flexibility index (Phi) is 4.38. The maximum atomic E-state index is 13.0. The van der Waals surface area contributed by atoms with E-state index in [2.05, 4.69) is 20.6 Å². The lowest BCUT2D eigenvalue weighted by atomic mass is 10.2. The highest BCUT2D eigenvalue weighted by molar-refractivity contribution is 5.61. The number of nitrogens with zero attached hydrogens (tertiary/aromatic N) is 3. The summed E-state index contributed by atoms with van der Waals surface area (Å²) in [6.45, 7) is 0.878. The summed E-state index contributed by atoms with van der Waals surface area (Å²) in [5, 5.41) is 16.6. The van der Waals surface area contributed by atoms with Gasteiger partial charge in [0.15, 0.2) is 0 Å². The summed E-state index contributed by atoms with van der Waals surface area (Å²) >= 11 is 0. The highest BCUT2D eigenvalue weighted by atomic mass is 19.1. The Balaban J connectivity index is 1.90. The maximum Gasteiger partial charge on any atom is 0.295 e. The van der Waals surface area contributed by atoms with Crippen molar-refractivity contribution in [1.29, 1.82) is 0 Å². The van der Waals surface area contributed by atoms with E-state index < -0.39 is 10.7 Å². The molecule has 2 N–H and O–H groups in total. The number of nitro benzene ring substituents is 1. The summed E-state index contributed by atoms with van der Waals surface area (Å²) < 4.78 is 13.0. The van der Waals surface area contributed by atoms with Gasteiger partial charge >= 0.3 is 0 Å². The van der Waals surface area contributed by atoms with Crippen LogP contribution >= 0.6 is 0 Å². The normalized spacial score (nSPS) is 10.1. The minimum Gasteiger partial charge on any atom is -0.378 e. The van der Waals surface area contributed by atoms with E-state index >= 15 is 0 Å². The van der Waals surface area contributed by atoms with Crippen molar-refractivity contribution in [1.82, 2.24) is 9.97 Å². The lowest BCUT2D eigenvalue weighted by Crippen LogP contribution is -2.15. The molecule has 0 radical (unpaired) electrons. The molecule has 0 spiro atoms. The molecular weight excluding hydrogens is 265 g/mol. The molecule has 2 rings (SSSR count). The first-order chi connectivity index (χ1) is 9.66. The molecule has 0 fully saturated rings. The summed E-state index contributed by atoms with van der Waals surface area (Å²) in [6, 6.07) is 5.09. The minimum atomic E-state index is -0.641. The second kappa shape index (κ2) is 6.41. The Morgan fingerprint density at radius 1 is 1.20 bits per heavy atom. The van der Waals surface area contributed by atoms with Gasteiger partial charge in [0.1, 0.15) is 11.5 Å². The third kappa shape index (κ3) is 3.61. The first-order valence-electron chi connectivity index (χ1n) is 5.85. The highest BCUT2D eigenvalue weighted by Crippen LogP contribution is 2.24. The van der Waals surface area contributed by atoms with Crippen LogP contribution in [-0.2, 0) is 0 Å². The molecule has 0 amide bonds.